The van der Waals surface area contributed by atoms with Crippen LogP contribution >= 0.6 is 11.8 Å². The zero-order chi connectivity index (χ0) is 14.5. The van der Waals surface area contributed by atoms with Gasteiger partial charge in [0, 0.05) is 11.8 Å². The van der Waals surface area contributed by atoms with Crippen LogP contribution in [-0.4, -0.2) is 47.4 Å². The first-order valence-electron chi connectivity index (χ1n) is 7.76. The van der Waals surface area contributed by atoms with Crippen molar-refractivity contribution >= 4 is 23.6 Å². The smallest absolute Gasteiger partial charge is 0.246 e. The van der Waals surface area contributed by atoms with E-state index in [4.69, 9.17) is 0 Å². The number of nitrogens with one attached hydrogen (secondary N) is 1. The van der Waals surface area contributed by atoms with Crippen molar-refractivity contribution in [3.63, 3.8) is 0 Å². The number of piperazine rings is 1. The lowest BCUT2D eigenvalue weighted by molar-refractivity contribution is -0.148. The molecule has 4 nitrogen and oxygen atoms in total. The van der Waals surface area contributed by atoms with Crippen LogP contribution in [0.4, 0.5) is 0 Å². The lowest BCUT2D eigenvalue weighted by atomic mass is 9.82. The Kier molecular flexibility index (Phi) is 5.75. The summed E-state index contributed by atoms with van der Waals surface area (Å²) in [5, 5.41) is 2.95. The van der Waals surface area contributed by atoms with E-state index in [2.05, 4.69) is 18.5 Å². The zero-order valence-electron chi connectivity index (χ0n) is 12.6. The summed E-state index contributed by atoms with van der Waals surface area (Å²) in [6.07, 6.45) is 8.75. The van der Waals surface area contributed by atoms with Gasteiger partial charge in [0.2, 0.25) is 11.8 Å². The monoisotopic (exact) mass is 298 g/mol. The van der Waals surface area contributed by atoms with E-state index >= 15 is 0 Å². The quantitative estimate of drug-likeness (QED) is 0.845. The Hall–Kier alpha value is -0.710. The average Bonchev–Trinajstić information content (AvgIpc) is 2.48. The molecule has 2 aliphatic rings. The van der Waals surface area contributed by atoms with Crippen LogP contribution in [0, 0.1) is 5.92 Å². The van der Waals surface area contributed by atoms with Crippen LogP contribution in [0.2, 0.25) is 0 Å². The van der Waals surface area contributed by atoms with E-state index in [1.54, 1.807) is 11.8 Å². The van der Waals surface area contributed by atoms with Gasteiger partial charge in [0.15, 0.2) is 0 Å². The van der Waals surface area contributed by atoms with Gasteiger partial charge in [0.1, 0.15) is 6.04 Å². The molecule has 1 N–H and O–H groups in total. The molecule has 0 aromatic heterocycles. The zero-order valence-corrected chi connectivity index (χ0v) is 13.4. The second-order valence-electron chi connectivity index (χ2n) is 5.93. The fourth-order valence-electron chi connectivity index (χ4n) is 3.41. The SMILES string of the molecule is CCC(CSC)N1CC(=O)NC(C2CCCCC2)C1=O. The van der Waals surface area contributed by atoms with Gasteiger partial charge in [-0.15, -0.1) is 0 Å². The second kappa shape index (κ2) is 7.34. The van der Waals surface area contributed by atoms with Gasteiger partial charge < -0.3 is 10.2 Å². The number of hydrogen-bond acceptors (Lipinski definition) is 3. The Morgan fingerprint density at radius 2 is 2.00 bits per heavy atom. The maximum atomic E-state index is 12.7. The van der Waals surface area contributed by atoms with Crippen molar-refractivity contribution in [3.8, 4) is 0 Å². The predicted octanol–water partition coefficient (Wildman–Crippen LogP) is 2.04. The molecule has 0 radical (unpaired) electrons. The molecule has 2 atom stereocenters. The maximum absolute atomic E-state index is 12.7. The van der Waals surface area contributed by atoms with Crippen LogP contribution in [0.25, 0.3) is 0 Å². The third-order valence-electron chi connectivity index (χ3n) is 4.57. The van der Waals surface area contributed by atoms with Gasteiger partial charge in [-0.3, -0.25) is 9.59 Å². The van der Waals surface area contributed by atoms with Crippen LogP contribution in [0.15, 0.2) is 0 Å². The highest BCUT2D eigenvalue weighted by Gasteiger charge is 2.40. The molecule has 5 heteroatoms. The minimum atomic E-state index is -0.271. The second-order valence-corrected chi connectivity index (χ2v) is 6.84. The molecule has 1 aliphatic carbocycles. The largest absolute Gasteiger partial charge is 0.342 e. The summed E-state index contributed by atoms with van der Waals surface area (Å²) >= 11 is 1.74. The summed E-state index contributed by atoms with van der Waals surface area (Å²) in [5.74, 6) is 1.42. The van der Waals surface area contributed by atoms with E-state index < -0.39 is 0 Å². The maximum Gasteiger partial charge on any atom is 0.246 e. The topological polar surface area (TPSA) is 49.4 Å². The number of carbonyl (C=O) groups is 2. The molecule has 0 bridgehead atoms. The number of hydrogen-bond donors (Lipinski definition) is 1. The van der Waals surface area contributed by atoms with Crippen molar-refractivity contribution in [2.75, 3.05) is 18.6 Å². The van der Waals surface area contributed by atoms with Crippen LogP contribution < -0.4 is 5.32 Å². The predicted molar refractivity (Wildman–Crippen MR) is 82.7 cm³/mol. The molecular formula is C15H26N2O2S. The van der Waals surface area contributed by atoms with Gasteiger partial charge in [-0.25, -0.2) is 0 Å². The minimum absolute atomic E-state index is 0.0136. The molecule has 0 aromatic carbocycles. The molecule has 1 aliphatic heterocycles. The summed E-state index contributed by atoms with van der Waals surface area (Å²) in [7, 11) is 0. The number of carbonyl (C=O) groups excluding carboxylic acids is 2. The first-order valence-corrected chi connectivity index (χ1v) is 9.15. The number of amides is 2. The number of rotatable bonds is 5. The molecule has 2 unspecified atom stereocenters. The molecular weight excluding hydrogens is 272 g/mol. The fraction of sp³-hybridized carbons (Fsp3) is 0.867. The Bertz CT molecular complexity index is 337. The first-order chi connectivity index (χ1) is 9.67. The van der Waals surface area contributed by atoms with Gasteiger partial charge in [0.05, 0.1) is 6.54 Å². The van der Waals surface area contributed by atoms with Gasteiger partial charge in [-0.2, -0.15) is 11.8 Å². The third kappa shape index (κ3) is 3.48. The van der Waals surface area contributed by atoms with Crippen LogP contribution in [-0.2, 0) is 9.59 Å². The van der Waals surface area contributed by atoms with Crippen molar-refractivity contribution in [3.05, 3.63) is 0 Å². The average molecular weight is 298 g/mol. The fourth-order valence-corrected chi connectivity index (χ4v) is 4.21. The highest BCUT2D eigenvalue weighted by molar-refractivity contribution is 7.98. The minimum Gasteiger partial charge on any atom is -0.342 e. The molecule has 0 aromatic rings. The van der Waals surface area contributed by atoms with Crippen LogP contribution in [0.5, 0.6) is 0 Å². The van der Waals surface area contributed by atoms with Crippen molar-refractivity contribution in [2.45, 2.75) is 57.5 Å². The van der Waals surface area contributed by atoms with Crippen molar-refractivity contribution in [2.24, 2.45) is 5.92 Å². The molecule has 2 fully saturated rings. The lowest BCUT2D eigenvalue weighted by Gasteiger charge is -2.41. The van der Waals surface area contributed by atoms with Crippen molar-refractivity contribution in [1.29, 1.82) is 0 Å². The summed E-state index contributed by atoms with van der Waals surface area (Å²) < 4.78 is 0. The van der Waals surface area contributed by atoms with E-state index in [9.17, 15) is 9.59 Å². The van der Waals surface area contributed by atoms with Gasteiger partial charge in [-0.05, 0) is 31.4 Å². The molecule has 114 valence electrons. The van der Waals surface area contributed by atoms with Crippen molar-refractivity contribution < 1.29 is 9.59 Å². The third-order valence-corrected chi connectivity index (χ3v) is 5.29. The Labute approximate surface area is 126 Å². The molecule has 2 amide bonds. The van der Waals surface area contributed by atoms with Gasteiger partial charge in [0.25, 0.3) is 0 Å². The van der Waals surface area contributed by atoms with E-state index in [0.29, 0.717) is 5.92 Å². The summed E-state index contributed by atoms with van der Waals surface area (Å²) in [4.78, 5) is 26.6. The highest BCUT2D eigenvalue weighted by Crippen LogP contribution is 2.29. The van der Waals surface area contributed by atoms with E-state index in [-0.39, 0.29) is 30.4 Å². The highest BCUT2D eigenvalue weighted by atomic mass is 32.2. The molecule has 1 saturated heterocycles. The number of thioether (sulfide) groups is 1. The summed E-state index contributed by atoms with van der Waals surface area (Å²) in [6.45, 7) is 2.33. The van der Waals surface area contributed by atoms with E-state index in [1.165, 1.54) is 19.3 Å². The molecule has 2 rings (SSSR count). The van der Waals surface area contributed by atoms with Gasteiger partial charge in [-0.1, -0.05) is 26.2 Å². The Balaban J connectivity index is 2.09. The summed E-state index contributed by atoms with van der Waals surface area (Å²) in [5.41, 5.74) is 0. The normalized spacial score (nSPS) is 26.5. The standard InChI is InChI=1S/C15H26N2O2S/c1-3-12(10-20-2)17-9-13(18)16-14(15(17)19)11-7-5-4-6-8-11/h11-12,14H,3-10H2,1-2H3,(H,16,18). The Morgan fingerprint density at radius 3 is 2.60 bits per heavy atom. The van der Waals surface area contributed by atoms with Crippen LogP contribution in [0.3, 0.4) is 0 Å². The molecule has 0 spiro atoms. The molecule has 1 saturated carbocycles. The van der Waals surface area contributed by atoms with E-state index in [1.807, 2.05) is 4.90 Å². The number of nitrogens with zero attached hydrogens (tertiary/aromatic N) is 1. The lowest BCUT2D eigenvalue weighted by Crippen LogP contribution is -2.63. The van der Waals surface area contributed by atoms with Crippen LogP contribution in [0.1, 0.15) is 45.4 Å². The molecule has 1 heterocycles. The van der Waals surface area contributed by atoms with Gasteiger partial charge >= 0.3 is 0 Å². The van der Waals surface area contributed by atoms with Crippen molar-refractivity contribution in [1.82, 2.24) is 10.2 Å². The first kappa shape index (κ1) is 15.7. The van der Waals surface area contributed by atoms with E-state index in [0.717, 1.165) is 25.0 Å². The summed E-state index contributed by atoms with van der Waals surface area (Å²) in [6, 6.07) is -0.0814. The Morgan fingerprint density at radius 1 is 1.30 bits per heavy atom. The molecule has 20 heavy (non-hydrogen) atoms.